The summed E-state index contributed by atoms with van der Waals surface area (Å²) >= 11 is 13.6. The third-order valence-corrected chi connectivity index (χ3v) is 5.77. The monoisotopic (exact) mass is 430 g/mol. The van der Waals surface area contributed by atoms with E-state index in [1.807, 2.05) is 13.8 Å². The highest BCUT2D eigenvalue weighted by Crippen LogP contribution is 2.30. The lowest BCUT2D eigenvalue weighted by molar-refractivity contribution is 0.102. The molecule has 28 heavy (non-hydrogen) atoms. The molecule has 0 saturated carbocycles. The number of carbonyl (C=O) groups is 1. The Bertz CT molecular complexity index is 1230. The van der Waals surface area contributed by atoms with Crippen molar-refractivity contribution in [3.63, 3.8) is 0 Å². The fraction of sp³-hybridized carbons (Fsp3) is 0.150. The summed E-state index contributed by atoms with van der Waals surface area (Å²) < 4.78 is 2.73. The van der Waals surface area contributed by atoms with E-state index < -0.39 is 0 Å². The Morgan fingerprint density at radius 2 is 1.89 bits per heavy atom. The Morgan fingerprint density at radius 3 is 2.64 bits per heavy atom. The van der Waals surface area contributed by atoms with Crippen LogP contribution in [0.4, 0.5) is 5.82 Å². The van der Waals surface area contributed by atoms with Crippen LogP contribution in [0.15, 0.2) is 36.4 Å². The summed E-state index contributed by atoms with van der Waals surface area (Å²) in [6.07, 6.45) is 0. The van der Waals surface area contributed by atoms with Crippen molar-refractivity contribution in [3.05, 3.63) is 68.8 Å². The van der Waals surface area contributed by atoms with Gasteiger partial charge in [-0.3, -0.25) is 4.79 Å². The van der Waals surface area contributed by atoms with Gasteiger partial charge in [-0.05, 0) is 56.2 Å². The highest BCUT2D eigenvalue weighted by Gasteiger charge is 2.17. The molecule has 2 aromatic carbocycles. The number of anilines is 1. The molecule has 2 heterocycles. The molecule has 1 amide bonds. The normalized spacial score (nSPS) is 11.2. The Hall–Kier alpha value is -2.41. The van der Waals surface area contributed by atoms with E-state index in [2.05, 4.69) is 29.5 Å². The Kier molecular flexibility index (Phi) is 4.87. The maximum atomic E-state index is 12.7. The van der Waals surface area contributed by atoms with Gasteiger partial charge < -0.3 is 5.32 Å². The number of aryl methyl sites for hydroxylation is 3. The highest BCUT2D eigenvalue weighted by atomic mass is 35.5. The molecule has 0 aliphatic rings. The number of hydrogen-bond donors (Lipinski definition) is 1. The molecule has 0 unspecified atom stereocenters. The van der Waals surface area contributed by atoms with E-state index in [0.717, 1.165) is 21.5 Å². The number of rotatable bonds is 3. The van der Waals surface area contributed by atoms with E-state index >= 15 is 0 Å². The van der Waals surface area contributed by atoms with Crippen LogP contribution in [-0.2, 0) is 0 Å². The number of aromatic nitrogens is 3. The Labute approximate surface area is 175 Å². The first-order valence-electron chi connectivity index (χ1n) is 8.53. The fourth-order valence-electron chi connectivity index (χ4n) is 3.04. The molecule has 0 atom stereocenters. The zero-order valence-corrected chi connectivity index (χ0v) is 17.7. The minimum Gasteiger partial charge on any atom is -0.306 e. The highest BCUT2D eigenvalue weighted by molar-refractivity contribution is 7.20. The molecular weight excluding hydrogens is 415 g/mol. The van der Waals surface area contributed by atoms with Gasteiger partial charge in [0.25, 0.3) is 5.91 Å². The summed E-state index contributed by atoms with van der Waals surface area (Å²) in [6, 6.07) is 10.8. The summed E-state index contributed by atoms with van der Waals surface area (Å²) in [5, 5.41) is 8.84. The molecule has 0 fully saturated rings. The van der Waals surface area contributed by atoms with Crippen LogP contribution >= 0.6 is 34.5 Å². The predicted molar refractivity (Wildman–Crippen MR) is 115 cm³/mol. The van der Waals surface area contributed by atoms with Crippen LogP contribution in [0.25, 0.3) is 15.3 Å². The number of nitrogens with one attached hydrogen (secondary N) is 1. The number of fused-ring (bicyclic) bond motifs is 1. The van der Waals surface area contributed by atoms with Crippen molar-refractivity contribution < 1.29 is 4.79 Å². The topological polar surface area (TPSA) is 59.8 Å². The molecule has 2 aromatic heterocycles. The molecule has 0 saturated heterocycles. The maximum absolute atomic E-state index is 12.7. The molecule has 8 heteroatoms. The minimum absolute atomic E-state index is 0.291. The van der Waals surface area contributed by atoms with Crippen molar-refractivity contribution in [3.8, 4) is 5.13 Å². The predicted octanol–water partition coefficient (Wildman–Crippen LogP) is 5.97. The summed E-state index contributed by atoms with van der Waals surface area (Å²) in [6.45, 7) is 5.97. The van der Waals surface area contributed by atoms with Gasteiger partial charge in [-0.1, -0.05) is 40.6 Å². The van der Waals surface area contributed by atoms with Gasteiger partial charge in [0, 0.05) is 11.1 Å². The van der Waals surface area contributed by atoms with Crippen LogP contribution in [0, 0.1) is 20.8 Å². The fourth-order valence-corrected chi connectivity index (χ4v) is 4.64. The molecule has 0 spiro atoms. The second kappa shape index (κ2) is 7.20. The third-order valence-electron chi connectivity index (χ3n) is 4.25. The molecule has 0 radical (unpaired) electrons. The number of halogens is 2. The van der Waals surface area contributed by atoms with E-state index in [1.165, 1.54) is 16.9 Å². The molecule has 5 nitrogen and oxygen atoms in total. The smallest absolute Gasteiger partial charge is 0.258 e. The molecule has 0 aliphatic carbocycles. The van der Waals surface area contributed by atoms with Gasteiger partial charge in [0.1, 0.15) is 5.82 Å². The van der Waals surface area contributed by atoms with Gasteiger partial charge in [0.05, 0.1) is 26.5 Å². The quantitative estimate of drug-likeness (QED) is 0.435. The number of hydrogen-bond acceptors (Lipinski definition) is 4. The number of nitrogens with zero attached hydrogens (tertiary/aromatic N) is 3. The second-order valence-corrected chi connectivity index (χ2v) is 8.44. The summed E-state index contributed by atoms with van der Waals surface area (Å²) in [5.41, 5.74) is 4.34. The van der Waals surface area contributed by atoms with Gasteiger partial charge in [-0.15, -0.1) is 0 Å². The van der Waals surface area contributed by atoms with Gasteiger partial charge >= 0.3 is 0 Å². The lowest BCUT2D eigenvalue weighted by Crippen LogP contribution is -2.15. The molecule has 4 rings (SSSR count). The Balaban J connectivity index is 1.73. The Morgan fingerprint density at radius 1 is 1.11 bits per heavy atom. The molecule has 1 N–H and O–H groups in total. The van der Waals surface area contributed by atoms with Crippen molar-refractivity contribution in [1.82, 2.24) is 14.8 Å². The van der Waals surface area contributed by atoms with E-state index in [4.69, 9.17) is 28.2 Å². The van der Waals surface area contributed by atoms with Crippen LogP contribution in [0.2, 0.25) is 10.0 Å². The molecule has 4 aromatic rings. The molecule has 0 aliphatic heterocycles. The number of benzene rings is 2. The lowest BCUT2D eigenvalue weighted by Gasteiger charge is -2.08. The first-order chi connectivity index (χ1) is 13.3. The van der Waals surface area contributed by atoms with Gasteiger partial charge in [-0.2, -0.15) is 9.78 Å². The third kappa shape index (κ3) is 3.51. The summed E-state index contributed by atoms with van der Waals surface area (Å²) in [7, 11) is 0. The summed E-state index contributed by atoms with van der Waals surface area (Å²) in [4.78, 5) is 17.4. The van der Waals surface area contributed by atoms with Crippen LogP contribution in [-0.4, -0.2) is 20.7 Å². The minimum atomic E-state index is -0.337. The molecule has 0 bridgehead atoms. The van der Waals surface area contributed by atoms with E-state index in [1.54, 1.807) is 28.9 Å². The van der Waals surface area contributed by atoms with Gasteiger partial charge in [-0.25, -0.2) is 4.98 Å². The van der Waals surface area contributed by atoms with Crippen molar-refractivity contribution in [1.29, 1.82) is 0 Å². The lowest BCUT2D eigenvalue weighted by atomic mass is 10.1. The average molecular weight is 431 g/mol. The largest absolute Gasteiger partial charge is 0.306 e. The first-order valence-corrected chi connectivity index (χ1v) is 10.1. The van der Waals surface area contributed by atoms with Crippen molar-refractivity contribution in [2.75, 3.05) is 5.32 Å². The summed E-state index contributed by atoms with van der Waals surface area (Å²) in [5.74, 6) is 0.193. The van der Waals surface area contributed by atoms with Crippen molar-refractivity contribution in [2.24, 2.45) is 0 Å². The van der Waals surface area contributed by atoms with Crippen LogP contribution in [0.5, 0.6) is 0 Å². The molecular formula is C20H16Cl2N4OS. The van der Waals surface area contributed by atoms with Crippen LogP contribution < -0.4 is 5.32 Å². The van der Waals surface area contributed by atoms with Gasteiger partial charge in [0.2, 0.25) is 5.13 Å². The standard InChI is InChI=1S/C20H16Cl2N4OS/c1-10-6-11(2)18-16(7-10)28-20(24-18)26-17(8-12(3)25-26)23-19(27)14-5-4-13(21)9-15(14)22/h4-9H,1-3H3,(H,23,27). The number of amides is 1. The second-order valence-electron chi connectivity index (χ2n) is 6.59. The van der Waals surface area contributed by atoms with Crippen LogP contribution in [0.3, 0.4) is 0 Å². The SMILES string of the molecule is Cc1cc(C)c2nc(-n3nc(C)cc3NC(=O)c3ccc(Cl)cc3Cl)sc2c1. The average Bonchev–Trinajstić information content (AvgIpc) is 3.18. The van der Waals surface area contributed by atoms with E-state index in [0.29, 0.717) is 26.6 Å². The maximum Gasteiger partial charge on any atom is 0.258 e. The zero-order valence-electron chi connectivity index (χ0n) is 15.4. The number of thiazole rings is 1. The van der Waals surface area contributed by atoms with Crippen molar-refractivity contribution >= 4 is 56.5 Å². The van der Waals surface area contributed by atoms with Crippen LogP contribution in [0.1, 0.15) is 27.2 Å². The molecule has 142 valence electrons. The zero-order chi connectivity index (χ0) is 20.0. The van der Waals surface area contributed by atoms with Gasteiger partial charge in [0.15, 0.2) is 0 Å². The van der Waals surface area contributed by atoms with E-state index in [-0.39, 0.29) is 5.91 Å². The number of carbonyl (C=O) groups excluding carboxylic acids is 1. The van der Waals surface area contributed by atoms with Crippen molar-refractivity contribution in [2.45, 2.75) is 20.8 Å². The van der Waals surface area contributed by atoms with E-state index in [9.17, 15) is 4.79 Å². The first kappa shape index (κ1) is 18.9.